The van der Waals surface area contributed by atoms with Gasteiger partial charge in [0.05, 0.1) is 17.8 Å². The summed E-state index contributed by atoms with van der Waals surface area (Å²) in [5, 5.41) is 0. The molecule has 3 heteroatoms. The van der Waals surface area contributed by atoms with Gasteiger partial charge in [-0.2, -0.15) is 0 Å². The average molecular weight is 180 g/mol. The minimum Gasteiger partial charge on any atom is -0.496 e. The van der Waals surface area contributed by atoms with E-state index in [9.17, 15) is 9.59 Å². The predicted octanol–water partition coefficient (Wildman–Crippen LogP) is 1.23. The average Bonchev–Trinajstić information content (AvgIpc) is 2.19. The molecule has 1 aliphatic carbocycles. The highest BCUT2D eigenvalue weighted by molar-refractivity contribution is 6.13. The third kappa shape index (κ3) is 1.39. The number of carbonyl (C=O) groups is 2. The van der Waals surface area contributed by atoms with Crippen LogP contribution in [0.15, 0.2) is 11.8 Å². The van der Waals surface area contributed by atoms with Crippen LogP contribution in [-0.2, 0) is 14.3 Å². The first-order valence-corrected chi connectivity index (χ1v) is 4.68. The van der Waals surface area contributed by atoms with Crippen LogP contribution >= 0.6 is 0 Å². The molecule has 0 aromatic rings. The third-order valence-electron chi connectivity index (χ3n) is 2.82. The van der Waals surface area contributed by atoms with Crippen molar-refractivity contribution in [3.63, 3.8) is 0 Å². The highest BCUT2D eigenvalue weighted by Crippen LogP contribution is 2.32. The highest BCUT2D eigenvalue weighted by Gasteiger charge is 2.36. The summed E-state index contributed by atoms with van der Waals surface area (Å²) in [5.74, 6) is -0.0788. The van der Waals surface area contributed by atoms with Crippen LogP contribution in [0.4, 0.5) is 0 Å². The van der Waals surface area contributed by atoms with Crippen molar-refractivity contribution in [3.05, 3.63) is 11.8 Å². The van der Waals surface area contributed by atoms with Gasteiger partial charge in [0, 0.05) is 0 Å². The molecule has 0 N–H and O–H groups in total. The molecule has 0 aromatic carbocycles. The lowest BCUT2D eigenvalue weighted by molar-refractivity contribution is -0.128. The van der Waals surface area contributed by atoms with Crippen molar-refractivity contribution < 1.29 is 14.3 Å². The maximum Gasteiger partial charge on any atom is 0.176 e. The van der Waals surface area contributed by atoms with Gasteiger partial charge in [0.2, 0.25) is 0 Å². The summed E-state index contributed by atoms with van der Waals surface area (Å²) in [6.07, 6.45) is 5.95. The van der Waals surface area contributed by atoms with Gasteiger partial charge in [0.15, 0.2) is 12.1 Å². The van der Waals surface area contributed by atoms with Crippen molar-refractivity contribution in [2.45, 2.75) is 31.8 Å². The summed E-state index contributed by atoms with van der Waals surface area (Å²) >= 11 is 0. The molecule has 3 nitrogen and oxygen atoms in total. The number of allylic oxidation sites excluding steroid dienone is 1. The summed E-state index contributed by atoms with van der Waals surface area (Å²) < 4.78 is 5.34. The number of Topliss-reactive ketones (excluding diaryl/α,β-unsaturated/α-hetero) is 1. The van der Waals surface area contributed by atoms with Crippen LogP contribution in [0.2, 0.25) is 0 Å². The first-order chi connectivity index (χ1) is 6.33. The Morgan fingerprint density at radius 1 is 1.38 bits per heavy atom. The van der Waals surface area contributed by atoms with E-state index in [4.69, 9.17) is 4.74 Å². The zero-order valence-electron chi connectivity index (χ0n) is 7.36. The Morgan fingerprint density at radius 3 is 2.92 bits per heavy atom. The maximum absolute atomic E-state index is 11.6. The number of ketones is 1. The molecule has 1 fully saturated rings. The van der Waals surface area contributed by atoms with Crippen LogP contribution in [0.25, 0.3) is 0 Å². The Morgan fingerprint density at radius 2 is 2.15 bits per heavy atom. The van der Waals surface area contributed by atoms with Gasteiger partial charge in [-0.3, -0.25) is 9.59 Å². The Balaban J connectivity index is 2.21. The summed E-state index contributed by atoms with van der Waals surface area (Å²) in [6.45, 7) is 0. The Kier molecular flexibility index (Phi) is 2.17. The Bertz CT molecular complexity index is 267. The zero-order chi connectivity index (χ0) is 9.26. The third-order valence-corrected chi connectivity index (χ3v) is 2.82. The van der Waals surface area contributed by atoms with E-state index in [1.807, 2.05) is 0 Å². The fraction of sp³-hybridized carbons (Fsp3) is 0.600. The van der Waals surface area contributed by atoms with Gasteiger partial charge in [-0.15, -0.1) is 0 Å². The van der Waals surface area contributed by atoms with E-state index in [2.05, 4.69) is 0 Å². The van der Waals surface area contributed by atoms with Crippen molar-refractivity contribution in [2.24, 2.45) is 5.92 Å². The minimum atomic E-state index is -0.0565. The largest absolute Gasteiger partial charge is 0.496 e. The van der Waals surface area contributed by atoms with Gasteiger partial charge in [-0.05, 0) is 19.3 Å². The lowest BCUT2D eigenvalue weighted by atomic mass is 9.80. The smallest absolute Gasteiger partial charge is 0.176 e. The fourth-order valence-electron chi connectivity index (χ4n) is 2.08. The topological polar surface area (TPSA) is 43.4 Å². The molecule has 13 heavy (non-hydrogen) atoms. The molecular formula is C10H12O3. The summed E-state index contributed by atoms with van der Waals surface area (Å²) in [5.41, 5.74) is 0.197. The molecule has 2 rings (SSSR count). The molecule has 0 radical (unpaired) electrons. The monoisotopic (exact) mass is 180 g/mol. The number of hydrogen-bond acceptors (Lipinski definition) is 3. The van der Waals surface area contributed by atoms with E-state index in [0.717, 1.165) is 25.7 Å². The van der Waals surface area contributed by atoms with E-state index in [1.54, 1.807) is 0 Å². The van der Waals surface area contributed by atoms with E-state index in [1.165, 1.54) is 6.26 Å². The fourth-order valence-corrected chi connectivity index (χ4v) is 2.08. The van der Waals surface area contributed by atoms with Crippen LogP contribution < -0.4 is 0 Å². The number of rotatable bonds is 1. The van der Waals surface area contributed by atoms with Crippen LogP contribution in [0, 0.1) is 5.92 Å². The van der Waals surface area contributed by atoms with Gasteiger partial charge in [0.1, 0.15) is 6.10 Å². The Hall–Kier alpha value is -1.12. The second-order valence-corrected chi connectivity index (χ2v) is 3.62. The number of ether oxygens (including phenoxy) is 1. The van der Waals surface area contributed by atoms with E-state index in [-0.39, 0.29) is 23.4 Å². The minimum absolute atomic E-state index is 0.0223. The molecular weight excluding hydrogens is 168 g/mol. The molecule has 1 aliphatic heterocycles. The van der Waals surface area contributed by atoms with Gasteiger partial charge < -0.3 is 4.74 Å². The van der Waals surface area contributed by atoms with Crippen molar-refractivity contribution in [3.8, 4) is 0 Å². The molecule has 70 valence electrons. The first kappa shape index (κ1) is 8.48. The summed E-state index contributed by atoms with van der Waals surface area (Å²) in [6, 6.07) is 0. The molecule has 2 atom stereocenters. The first-order valence-electron chi connectivity index (χ1n) is 4.68. The molecule has 2 unspecified atom stereocenters. The SMILES string of the molecule is O=CC1=COC2CCCCC2C1=O. The standard InChI is InChI=1S/C10H12O3/c11-5-7-6-13-9-4-2-1-3-8(9)10(7)12/h5-6,8-9H,1-4H2. The maximum atomic E-state index is 11.6. The van der Waals surface area contributed by atoms with E-state index >= 15 is 0 Å². The molecule has 1 saturated carbocycles. The molecule has 0 amide bonds. The Labute approximate surface area is 76.8 Å². The van der Waals surface area contributed by atoms with Crippen molar-refractivity contribution >= 4 is 12.1 Å². The summed E-state index contributed by atoms with van der Waals surface area (Å²) in [7, 11) is 0. The number of hydrogen-bond donors (Lipinski definition) is 0. The quantitative estimate of drug-likeness (QED) is 0.450. The highest BCUT2D eigenvalue weighted by atomic mass is 16.5. The number of aldehydes is 1. The number of carbonyl (C=O) groups excluding carboxylic acids is 2. The lowest BCUT2D eigenvalue weighted by Crippen LogP contribution is -2.37. The van der Waals surface area contributed by atoms with Gasteiger partial charge in [-0.25, -0.2) is 0 Å². The molecule has 0 saturated heterocycles. The van der Waals surface area contributed by atoms with Crippen LogP contribution in [0.3, 0.4) is 0 Å². The zero-order valence-corrected chi connectivity index (χ0v) is 7.36. The van der Waals surface area contributed by atoms with Crippen LogP contribution in [-0.4, -0.2) is 18.2 Å². The van der Waals surface area contributed by atoms with Gasteiger partial charge in [0.25, 0.3) is 0 Å². The molecule has 0 spiro atoms. The van der Waals surface area contributed by atoms with Crippen molar-refractivity contribution in [2.75, 3.05) is 0 Å². The molecule has 0 bridgehead atoms. The molecule has 2 aliphatic rings. The number of fused-ring (bicyclic) bond motifs is 1. The van der Waals surface area contributed by atoms with Crippen LogP contribution in [0.1, 0.15) is 25.7 Å². The second-order valence-electron chi connectivity index (χ2n) is 3.62. The summed E-state index contributed by atoms with van der Waals surface area (Å²) in [4.78, 5) is 22.1. The van der Waals surface area contributed by atoms with Crippen molar-refractivity contribution in [1.82, 2.24) is 0 Å². The molecule has 0 aromatic heterocycles. The normalized spacial score (nSPS) is 32.9. The van der Waals surface area contributed by atoms with E-state index in [0.29, 0.717) is 6.29 Å². The van der Waals surface area contributed by atoms with Gasteiger partial charge >= 0.3 is 0 Å². The van der Waals surface area contributed by atoms with E-state index < -0.39 is 0 Å². The van der Waals surface area contributed by atoms with Crippen LogP contribution in [0.5, 0.6) is 0 Å². The van der Waals surface area contributed by atoms with Gasteiger partial charge in [-0.1, -0.05) is 6.42 Å². The second kappa shape index (κ2) is 3.32. The predicted molar refractivity (Wildman–Crippen MR) is 46.0 cm³/mol. The van der Waals surface area contributed by atoms with Crippen molar-refractivity contribution in [1.29, 1.82) is 0 Å². The lowest BCUT2D eigenvalue weighted by Gasteiger charge is -2.32. The molecule has 1 heterocycles.